The van der Waals surface area contributed by atoms with Gasteiger partial charge in [0, 0.05) is 26.7 Å². The van der Waals surface area contributed by atoms with Crippen LogP contribution in [-0.2, 0) is 4.74 Å². The maximum Gasteiger partial charge on any atom is 0.0589 e. The smallest absolute Gasteiger partial charge is 0.0589 e. The lowest BCUT2D eigenvalue weighted by atomic mass is 9.82. The Hall–Kier alpha value is -0.120. The lowest BCUT2D eigenvalue weighted by molar-refractivity contribution is 0.116. The Morgan fingerprint density at radius 2 is 1.78 bits per heavy atom. The molecule has 18 heavy (non-hydrogen) atoms. The molecule has 1 saturated carbocycles. The highest BCUT2D eigenvalue weighted by Crippen LogP contribution is 2.28. The predicted octanol–water partition coefficient (Wildman–Crippen LogP) is 2.36. The lowest BCUT2D eigenvalue weighted by Crippen LogP contribution is -2.36. The van der Waals surface area contributed by atoms with E-state index in [1.807, 2.05) is 0 Å². The van der Waals surface area contributed by atoms with Gasteiger partial charge in [-0.05, 0) is 50.0 Å². The van der Waals surface area contributed by atoms with Crippen LogP contribution in [-0.4, -0.2) is 44.8 Å². The van der Waals surface area contributed by atoms with E-state index >= 15 is 0 Å². The summed E-state index contributed by atoms with van der Waals surface area (Å²) < 4.78 is 5.22. The third-order valence-electron chi connectivity index (χ3n) is 4.05. The molecule has 0 aliphatic heterocycles. The topological polar surface area (TPSA) is 38.5 Å². The number of methoxy groups -OCH3 is 1. The van der Waals surface area contributed by atoms with E-state index in [2.05, 4.69) is 18.7 Å². The Morgan fingerprint density at radius 3 is 2.28 bits per heavy atom. The third-order valence-corrected chi connectivity index (χ3v) is 4.05. The molecular weight excluding hydrogens is 224 g/mol. The highest BCUT2D eigenvalue weighted by molar-refractivity contribution is 4.76. The van der Waals surface area contributed by atoms with Crippen molar-refractivity contribution in [3.8, 4) is 0 Å². The van der Waals surface area contributed by atoms with E-state index < -0.39 is 0 Å². The Kier molecular flexibility index (Phi) is 7.87. The monoisotopic (exact) mass is 256 g/mol. The zero-order chi connectivity index (χ0) is 13.4. The maximum atomic E-state index is 5.75. The van der Waals surface area contributed by atoms with Crippen molar-refractivity contribution in [2.75, 3.05) is 39.9 Å². The first-order valence-electron chi connectivity index (χ1n) is 7.57. The molecule has 0 spiro atoms. The summed E-state index contributed by atoms with van der Waals surface area (Å²) in [5.41, 5.74) is 5.75. The molecule has 1 aliphatic rings. The molecule has 3 nitrogen and oxygen atoms in total. The molecule has 3 heteroatoms. The molecular formula is C15H32N2O. The lowest BCUT2D eigenvalue weighted by Gasteiger charge is -2.33. The number of ether oxygens (including phenoxy) is 1. The van der Waals surface area contributed by atoms with Crippen molar-refractivity contribution in [1.82, 2.24) is 4.90 Å². The molecule has 0 aromatic heterocycles. The van der Waals surface area contributed by atoms with Crippen LogP contribution in [0.5, 0.6) is 0 Å². The van der Waals surface area contributed by atoms with Crippen LogP contribution in [0.25, 0.3) is 0 Å². The Balaban J connectivity index is 2.31. The van der Waals surface area contributed by atoms with Crippen molar-refractivity contribution in [3.63, 3.8) is 0 Å². The molecule has 0 atom stereocenters. The fraction of sp³-hybridized carbons (Fsp3) is 1.00. The van der Waals surface area contributed by atoms with Gasteiger partial charge < -0.3 is 15.4 Å². The first-order valence-corrected chi connectivity index (χ1v) is 7.57. The minimum Gasteiger partial charge on any atom is -0.383 e. The van der Waals surface area contributed by atoms with Gasteiger partial charge in [0.15, 0.2) is 0 Å². The zero-order valence-corrected chi connectivity index (χ0v) is 12.5. The molecule has 0 aromatic rings. The van der Waals surface area contributed by atoms with Crippen LogP contribution in [0.2, 0.25) is 0 Å². The summed E-state index contributed by atoms with van der Waals surface area (Å²) in [6.45, 7) is 9.84. The molecule has 108 valence electrons. The standard InChI is InChI=1S/C15H32N2O/c1-13(2)11-17(8-9-18-3)12-15-6-4-14(10-16)5-7-15/h13-15H,4-12,16H2,1-3H3. The van der Waals surface area contributed by atoms with Gasteiger partial charge in [0.25, 0.3) is 0 Å². The van der Waals surface area contributed by atoms with Crippen LogP contribution in [0, 0.1) is 17.8 Å². The second-order valence-electron chi connectivity index (χ2n) is 6.27. The molecule has 1 aliphatic carbocycles. The van der Waals surface area contributed by atoms with E-state index in [0.29, 0.717) is 0 Å². The number of hydrogen-bond donors (Lipinski definition) is 1. The van der Waals surface area contributed by atoms with Crippen molar-refractivity contribution in [1.29, 1.82) is 0 Å². The number of rotatable bonds is 8. The summed E-state index contributed by atoms with van der Waals surface area (Å²) in [5.74, 6) is 2.41. The largest absolute Gasteiger partial charge is 0.383 e. The van der Waals surface area contributed by atoms with E-state index in [-0.39, 0.29) is 0 Å². The van der Waals surface area contributed by atoms with Gasteiger partial charge in [-0.25, -0.2) is 0 Å². The fourth-order valence-electron chi connectivity index (χ4n) is 3.01. The van der Waals surface area contributed by atoms with Crippen LogP contribution < -0.4 is 5.73 Å². The minimum atomic E-state index is 0.738. The summed E-state index contributed by atoms with van der Waals surface area (Å²) in [6.07, 6.45) is 5.40. The van der Waals surface area contributed by atoms with Crippen molar-refractivity contribution in [3.05, 3.63) is 0 Å². The number of nitrogens with zero attached hydrogens (tertiary/aromatic N) is 1. The Labute approximate surface area is 113 Å². The highest BCUT2D eigenvalue weighted by atomic mass is 16.5. The average Bonchev–Trinajstić information content (AvgIpc) is 2.36. The van der Waals surface area contributed by atoms with Gasteiger partial charge in [0.05, 0.1) is 6.61 Å². The van der Waals surface area contributed by atoms with E-state index in [1.165, 1.54) is 38.8 Å². The first-order chi connectivity index (χ1) is 8.65. The minimum absolute atomic E-state index is 0.738. The van der Waals surface area contributed by atoms with E-state index in [9.17, 15) is 0 Å². The summed E-state index contributed by atoms with van der Waals surface area (Å²) in [6, 6.07) is 0. The van der Waals surface area contributed by atoms with Gasteiger partial charge in [-0.3, -0.25) is 0 Å². The molecule has 0 heterocycles. The van der Waals surface area contributed by atoms with E-state index in [0.717, 1.165) is 37.5 Å². The molecule has 2 N–H and O–H groups in total. The molecule has 1 rings (SSSR count). The van der Waals surface area contributed by atoms with Crippen molar-refractivity contribution >= 4 is 0 Å². The molecule has 0 saturated heterocycles. The van der Waals surface area contributed by atoms with E-state index in [1.54, 1.807) is 7.11 Å². The fourth-order valence-corrected chi connectivity index (χ4v) is 3.01. The summed E-state index contributed by atoms with van der Waals surface area (Å²) in [4.78, 5) is 2.58. The van der Waals surface area contributed by atoms with Crippen LogP contribution in [0.15, 0.2) is 0 Å². The number of nitrogens with two attached hydrogens (primary N) is 1. The third kappa shape index (κ3) is 6.17. The van der Waals surface area contributed by atoms with Crippen LogP contribution in [0.3, 0.4) is 0 Å². The highest BCUT2D eigenvalue weighted by Gasteiger charge is 2.22. The second-order valence-corrected chi connectivity index (χ2v) is 6.27. The van der Waals surface area contributed by atoms with Gasteiger partial charge in [-0.1, -0.05) is 13.8 Å². The molecule has 0 radical (unpaired) electrons. The van der Waals surface area contributed by atoms with Crippen molar-refractivity contribution in [2.24, 2.45) is 23.5 Å². The second kappa shape index (κ2) is 8.89. The van der Waals surface area contributed by atoms with Gasteiger partial charge in [0.1, 0.15) is 0 Å². The molecule has 0 amide bonds. The van der Waals surface area contributed by atoms with Gasteiger partial charge in [-0.15, -0.1) is 0 Å². The van der Waals surface area contributed by atoms with E-state index in [4.69, 9.17) is 10.5 Å². The van der Waals surface area contributed by atoms with Crippen molar-refractivity contribution < 1.29 is 4.74 Å². The molecule has 0 aromatic carbocycles. The molecule has 0 unspecified atom stereocenters. The first kappa shape index (κ1) is 15.9. The van der Waals surface area contributed by atoms with Crippen LogP contribution in [0.4, 0.5) is 0 Å². The van der Waals surface area contributed by atoms with Gasteiger partial charge >= 0.3 is 0 Å². The SMILES string of the molecule is COCCN(CC(C)C)CC1CCC(CN)CC1. The maximum absolute atomic E-state index is 5.75. The van der Waals surface area contributed by atoms with Crippen LogP contribution >= 0.6 is 0 Å². The normalized spacial score (nSPS) is 25.0. The molecule has 0 bridgehead atoms. The number of hydrogen-bond acceptors (Lipinski definition) is 3. The quantitative estimate of drug-likeness (QED) is 0.724. The summed E-state index contributed by atoms with van der Waals surface area (Å²) in [5, 5.41) is 0. The molecule has 1 fully saturated rings. The Morgan fingerprint density at radius 1 is 1.17 bits per heavy atom. The zero-order valence-electron chi connectivity index (χ0n) is 12.5. The average molecular weight is 256 g/mol. The van der Waals surface area contributed by atoms with Crippen LogP contribution in [0.1, 0.15) is 39.5 Å². The Bertz CT molecular complexity index is 201. The van der Waals surface area contributed by atoms with Gasteiger partial charge in [0.2, 0.25) is 0 Å². The summed E-state index contributed by atoms with van der Waals surface area (Å²) in [7, 11) is 1.79. The van der Waals surface area contributed by atoms with Crippen molar-refractivity contribution in [2.45, 2.75) is 39.5 Å². The predicted molar refractivity (Wildman–Crippen MR) is 77.7 cm³/mol. The van der Waals surface area contributed by atoms with Gasteiger partial charge in [-0.2, -0.15) is 0 Å². The summed E-state index contributed by atoms with van der Waals surface area (Å²) >= 11 is 0.